The van der Waals surface area contributed by atoms with E-state index in [0.717, 1.165) is 31.9 Å². The van der Waals surface area contributed by atoms with E-state index < -0.39 is 0 Å². The van der Waals surface area contributed by atoms with Gasteiger partial charge in [-0.25, -0.2) is 9.97 Å². The first-order chi connectivity index (χ1) is 14.3. The fourth-order valence-electron chi connectivity index (χ4n) is 3.90. The van der Waals surface area contributed by atoms with Crippen molar-refractivity contribution < 1.29 is 4.74 Å². The van der Waals surface area contributed by atoms with Gasteiger partial charge in [0.15, 0.2) is 0 Å². The Morgan fingerprint density at radius 2 is 1.72 bits per heavy atom. The van der Waals surface area contributed by atoms with Gasteiger partial charge in [-0.05, 0) is 55.8 Å². The molecule has 0 aliphatic carbocycles. The van der Waals surface area contributed by atoms with Crippen LogP contribution in [-0.2, 0) is 13.1 Å². The number of rotatable bonds is 7. The smallest absolute Gasteiger partial charge is 0.321 e. The molecule has 1 saturated heterocycles. The summed E-state index contributed by atoms with van der Waals surface area (Å²) in [6.07, 6.45) is 5.87. The average molecular weight is 389 g/mol. The number of hydrogen-bond donors (Lipinski definition) is 0. The van der Waals surface area contributed by atoms with Crippen molar-refractivity contribution in [3.05, 3.63) is 84.2 Å². The number of benzene rings is 2. The fourth-order valence-corrected chi connectivity index (χ4v) is 3.90. The van der Waals surface area contributed by atoms with Gasteiger partial charge in [0.05, 0.1) is 0 Å². The fraction of sp³-hybridized carbons (Fsp3) is 0.333. The molecule has 3 aromatic rings. The Kier molecular flexibility index (Phi) is 6.49. The summed E-state index contributed by atoms with van der Waals surface area (Å²) in [6.45, 7) is 4.25. The molecule has 2 heterocycles. The van der Waals surface area contributed by atoms with Gasteiger partial charge >= 0.3 is 6.01 Å². The van der Waals surface area contributed by atoms with Crippen molar-refractivity contribution in [2.75, 3.05) is 20.1 Å². The van der Waals surface area contributed by atoms with Crippen molar-refractivity contribution in [3.8, 4) is 11.8 Å². The van der Waals surface area contributed by atoms with E-state index in [1.807, 2.05) is 12.1 Å². The standard InChI is InChI=1S/C24H28N4O/c1-27(17-20-7-3-2-4-8-20)22-9-5-16-28(19-22)18-21-10-12-23(13-11-21)29-24-25-14-6-15-26-24/h2-4,6-8,10-15,22H,5,9,16-19H2,1H3. The van der Waals surface area contributed by atoms with Gasteiger partial charge in [-0.3, -0.25) is 9.80 Å². The van der Waals surface area contributed by atoms with E-state index in [9.17, 15) is 0 Å². The Balaban J connectivity index is 1.31. The summed E-state index contributed by atoms with van der Waals surface area (Å²) in [6, 6.07) is 21.7. The van der Waals surface area contributed by atoms with Crippen LogP contribution in [0.5, 0.6) is 11.8 Å². The van der Waals surface area contributed by atoms with Gasteiger partial charge in [-0.2, -0.15) is 0 Å². The SMILES string of the molecule is CN(Cc1ccccc1)C1CCCN(Cc2ccc(Oc3ncccn3)cc2)C1. The number of piperidine rings is 1. The minimum atomic E-state index is 0.376. The van der Waals surface area contributed by atoms with Gasteiger partial charge in [0.1, 0.15) is 5.75 Å². The first-order valence-electron chi connectivity index (χ1n) is 10.3. The second kappa shape index (κ2) is 9.63. The number of ether oxygens (including phenoxy) is 1. The van der Waals surface area contributed by atoms with Crippen LogP contribution in [0.25, 0.3) is 0 Å². The largest absolute Gasteiger partial charge is 0.424 e. The molecule has 1 atom stereocenters. The lowest BCUT2D eigenvalue weighted by Gasteiger charge is -2.37. The third-order valence-corrected chi connectivity index (χ3v) is 5.46. The van der Waals surface area contributed by atoms with Crippen LogP contribution >= 0.6 is 0 Å². The first kappa shape index (κ1) is 19.6. The molecule has 150 valence electrons. The predicted molar refractivity (Wildman–Crippen MR) is 115 cm³/mol. The molecule has 2 aromatic carbocycles. The van der Waals surface area contributed by atoms with Crippen molar-refractivity contribution in [1.29, 1.82) is 0 Å². The monoisotopic (exact) mass is 388 g/mol. The summed E-state index contributed by atoms with van der Waals surface area (Å²) in [7, 11) is 2.25. The van der Waals surface area contributed by atoms with Crippen LogP contribution in [-0.4, -0.2) is 45.9 Å². The summed E-state index contributed by atoms with van der Waals surface area (Å²) in [5, 5.41) is 0. The van der Waals surface area contributed by atoms with Crippen molar-refractivity contribution in [1.82, 2.24) is 19.8 Å². The van der Waals surface area contributed by atoms with Crippen LogP contribution in [0.4, 0.5) is 0 Å². The van der Waals surface area contributed by atoms with Crippen molar-refractivity contribution >= 4 is 0 Å². The van der Waals surface area contributed by atoms with E-state index in [-0.39, 0.29) is 0 Å². The zero-order chi connectivity index (χ0) is 19.9. The van der Waals surface area contributed by atoms with Crippen LogP contribution in [0.1, 0.15) is 24.0 Å². The predicted octanol–water partition coefficient (Wildman–Crippen LogP) is 4.37. The molecule has 1 aliphatic rings. The van der Waals surface area contributed by atoms with E-state index in [4.69, 9.17) is 4.74 Å². The number of aromatic nitrogens is 2. The van der Waals surface area contributed by atoms with Gasteiger partial charge in [0, 0.05) is 38.1 Å². The zero-order valence-corrected chi connectivity index (χ0v) is 16.9. The van der Waals surface area contributed by atoms with E-state index in [2.05, 4.69) is 69.3 Å². The molecule has 29 heavy (non-hydrogen) atoms. The maximum Gasteiger partial charge on any atom is 0.321 e. The quantitative estimate of drug-likeness (QED) is 0.601. The Bertz CT molecular complexity index is 870. The Morgan fingerprint density at radius 3 is 2.48 bits per heavy atom. The first-order valence-corrected chi connectivity index (χ1v) is 10.3. The normalized spacial score (nSPS) is 17.4. The Labute approximate surface area is 173 Å². The van der Waals surface area contributed by atoms with Crippen molar-refractivity contribution in [2.45, 2.75) is 32.0 Å². The highest BCUT2D eigenvalue weighted by Gasteiger charge is 2.23. The van der Waals surface area contributed by atoms with Gasteiger partial charge in [0.2, 0.25) is 0 Å². The third-order valence-electron chi connectivity index (χ3n) is 5.46. The topological polar surface area (TPSA) is 41.5 Å². The molecular weight excluding hydrogens is 360 g/mol. The molecule has 0 spiro atoms. The molecule has 1 fully saturated rings. The highest BCUT2D eigenvalue weighted by Crippen LogP contribution is 2.21. The van der Waals surface area contributed by atoms with E-state index >= 15 is 0 Å². The van der Waals surface area contributed by atoms with E-state index in [0.29, 0.717) is 12.1 Å². The van der Waals surface area contributed by atoms with Crippen LogP contribution in [0.2, 0.25) is 0 Å². The highest BCUT2D eigenvalue weighted by atomic mass is 16.5. The van der Waals surface area contributed by atoms with Gasteiger partial charge < -0.3 is 4.74 Å². The molecule has 0 radical (unpaired) electrons. The van der Waals surface area contributed by atoms with E-state index in [1.54, 1.807) is 18.5 Å². The van der Waals surface area contributed by atoms with Gasteiger partial charge in [0.25, 0.3) is 0 Å². The Hall–Kier alpha value is -2.76. The molecule has 0 amide bonds. The van der Waals surface area contributed by atoms with E-state index in [1.165, 1.54) is 24.0 Å². The maximum absolute atomic E-state index is 5.69. The summed E-state index contributed by atoms with van der Waals surface area (Å²) in [5.74, 6) is 0.763. The third kappa shape index (κ3) is 5.62. The number of likely N-dealkylation sites (tertiary alicyclic amines) is 1. The molecule has 5 heteroatoms. The van der Waals surface area contributed by atoms with Crippen molar-refractivity contribution in [2.24, 2.45) is 0 Å². The molecule has 0 saturated carbocycles. The van der Waals surface area contributed by atoms with Crippen LogP contribution in [0.15, 0.2) is 73.1 Å². The summed E-state index contributed by atoms with van der Waals surface area (Å²) in [4.78, 5) is 13.3. The maximum atomic E-state index is 5.69. The highest BCUT2D eigenvalue weighted by molar-refractivity contribution is 5.29. The van der Waals surface area contributed by atoms with Gasteiger partial charge in [-0.1, -0.05) is 42.5 Å². The molecule has 4 rings (SSSR count). The second-order valence-electron chi connectivity index (χ2n) is 7.71. The average Bonchev–Trinajstić information content (AvgIpc) is 2.77. The van der Waals surface area contributed by atoms with Crippen LogP contribution in [0.3, 0.4) is 0 Å². The minimum Gasteiger partial charge on any atom is -0.424 e. The lowest BCUT2D eigenvalue weighted by atomic mass is 10.0. The molecule has 1 unspecified atom stereocenters. The minimum absolute atomic E-state index is 0.376. The molecule has 5 nitrogen and oxygen atoms in total. The lowest BCUT2D eigenvalue weighted by molar-refractivity contribution is 0.107. The lowest BCUT2D eigenvalue weighted by Crippen LogP contribution is -2.45. The second-order valence-corrected chi connectivity index (χ2v) is 7.71. The number of hydrogen-bond acceptors (Lipinski definition) is 5. The molecule has 0 N–H and O–H groups in total. The number of nitrogens with zero attached hydrogens (tertiary/aromatic N) is 4. The number of likely N-dealkylation sites (N-methyl/N-ethyl adjacent to an activating group) is 1. The van der Waals surface area contributed by atoms with Crippen molar-refractivity contribution in [3.63, 3.8) is 0 Å². The Morgan fingerprint density at radius 1 is 0.966 bits per heavy atom. The summed E-state index contributed by atoms with van der Waals surface area (Å²) >= 11 is 0. The molecule has 1 aromatic heterocycles. The van der Waals surface area contributed by atoms with Gasteiger partial charge in [-0.15, -0.1) is 0 Å². The summed E-state index contributed by atoms with van der Waals surface area (Å²) in [5.41, 5.74) is 2.68. The summed E-state index contributed by atoms with van der Waals surface area (Å²) < 4.78 is 5.69. The van der Waals surface area contributed by atoms with Crippen LogP contribution < -0.4 is 4.74 Å². The molecule has 1 aliphatic heterocycles. The zero-order valence-electron chi connectivity index (χ0n) is 16.9. The molecular formula is C24H28N4O. The molecule has 0 bridgehead atoms. The van der Waals surface area contributed by atoms with Crippen LogP contribution in [0, 0.1) is 0 Å².